The van der Waals surface area contributed by atoms with E-state index in [9.17, 15) is 18.0 Å². The molecule has 29 heavy (non-hydrogen) atoms. The van der Waals surface area contributed by atoms with Crippen LogP contribution < -0.4 is 10.2 Å². The van der Waals surface area contributed by atoms with Gasteiger partial charge in [0.05, 0.1) is 39.9 Å². The topological polar surface area (TPSA) is 96.4 Å². The number of fused-ring (bicyclic) bond motifs is 1. The highest BCUT2D eigenvalue weighted by Gasteiger charge is 2.30. The van der Waals surface area contributed by atoms with Crippen molar-refractivity contribution in [1.82, 2.24) is 4.98 Å². The molecule has 2 aromatic rings. The molecule has 0 amide bonds. The van der Waals surface area contributed by atoms with Crippen LogP contribution in [0.4, 0.5) is 11.4 Å². The number of benzene rings is 1. The van der Waals surface area contributed by atoms with Gasteiger partial charge < -0.3 is 10.2 Å². The van der Waals surface area contributed by atoms with Crippen molar-refractivity contribution in [2.24, 2.45) is 0 Å². The number of anilines is 2. The van der Waals surface area contributed by atoms with E-state index in [0.29, 0.717) is 5.69 Å². The molecule has 1 fully saturated rings. The highest BCUT2D eigenvalue weighted by molar-refractivity contribution is 7.99. The van der Waals surface area contributed by atoms with Gasteiger partial charge in [-0.15, -0.1) is 0 Å². The van der Waals surface area contributed by atoms with Crippen LogP contribution in [0.15, 0.2) is 53.3 Å². The second-order valence-corrected chi connectivity index (χ2v) is 10.1. The molecular formula is C20H19N3O4S2. The predicted octanol–water partition coefficient (Wildman–Crippen LogP) is 2.41. The fourth-order valence-electron chi connectivity index (χ4n) is 3.44. The average Bonchev–Trinajstić information content (AvgIpc) is 2.71. The summed E-state index contributed by atoms with van der Waals surface area (Å²) in [5, 5.41) is 2.99. The molecular weight excluding hydrogens is 410 g/mol. The number of rotatable bonds is 4. The molecule has 0 unspecified atom stereocenters. The number of pyridine rings is 1. The monoisotopic (exact) mass is 429 g/mol. The van der Waals surface area contributed by atoms with E-state index in [1.165, 1.54) is 18.2 Å². The lowest BCUT2D eigenvalue weighted by molar-refractivity contribution is 0.0983. The van der Waals surface area contributed by atoms with Gasteiger partial charge in [0.15, 0.2) is 15.6 Å². The Hall–Kier alpha value is -2.65. The Morgan fingerprint density at radius 3 is 2.62 bits per heavy atom. The average molecular weight is 430 g/mol. The SMILES string of the molecule is CS(=O)(=O)c1cccc2c1C(=O)C=C(Nc1cncc(N3CCSCC3)c1)C2=O. The van der Waals surface area contributed by atoms with Gasteiger partial charge in [0.2, 0.25) is 5.78 Å². The Labute approximate surface area is 173 Å². The molecule has 0 radical (unpaired) electrons. The van der Waals surface area contributed by atoms with E-state index >= 15 is 0 Å². The first kappa shape index (κ1) is 19.7. The van der Waals surface area contributed by atoms with Crippen molar-refractivity contribution in [1.29, 1.82) is 0 Å². The summed E-state index contributed by atoms with van der Waals surface area (Å²) >= 11 is 1.91. The maximum absolute atomic E-state index is 12.9. The van der Waals surface area contributed by atoms with Crippen LogP contribution in [0.2, 0.25) is 0 Å². The van der Waals surface area contributed by atoms with Crippen molar-refractivity contribution in [3.8, 4) is 0 Å². The molecule has 1 aliphatic heterocycles. The van der Waals surface area contributed by atoms with Crippen molar-refractivity contribution < 1.29 is 18.0 Å². The fourth-order valence-corrected chi connectivity index (χ4v) is 5.25. The third kappa shape index (κ3) is 3.92. The number of carbonyl (C=O) groups excluding carboxylic acids is 2. The molecule has 1 aromatic heterocycles. The Balaban J connectivity index is 1.64. The summed E-state index contributed by atoms with van der Waals surface area (Å²) in [5.74, 6) is 1.16. The first-order chi connectivity index (χ1) is 13.8. The third-order valence-electron chi connectivity index (χ3n) is 4.82. The number of sulfone groups is 1. The number of carbonyl (C=O) groups is 2. The number of Topliss-reactive ketones (excluding diaryl/α,β-unsaturated/α-hetero) is 1. The largest absolute Gasteiger partial charge is 0.369 e. The quantitative estimate of drug-likeness (QED) is 0.792. The standard InChI is InChI=1S/C20H19N3O4S2/c1-29(26,27)18-4-2-3-15-19(18)17(24)10-16(20(15)25)22-13-9-14(12-21-11-13)23-5-7-28-8-6-23/h2-4,9-12,22H,5-8H2,1H3. The van der Waals surface area contributed by atoms with Gasteiger partial charge in [-0.2, -0.15) is 11.8 Å². The number of hydrogen-bond acceptors (Lipinski definition) is 8. The molecule has 0 bridgehead atoms. The zero-order valence-electron chi connectivity index (χ0n) is 15.7. The summed E-state index contributed by atoms with van der Waals surface area (Å²) in [7, 11) is -3.64. The van der Waals surface area contributed by atoms with Crippen LogP contribution in [-0.2, 0) is 9.84 Å². The summed E-state index contributed by atoms with van der Waals surface area (Å²) in [6, 6.07) is 6.18. The Morgan fingerprint density at radius 1 is 1.14 bits per heavy atom. The summed E-state index contributed by atoms with van der Waals surface area (Å²) in [4.78, 5) is 31.9. The Kier molecular flexibility index (Phi) is 5.18. The number of thioether (sulfide) groups is 1. The van der Waals surface area contributed by atoms with E-state index < -0.39 is 21.4 Å². The molecule has 150 valence electrons. The van der Waals surface area contributed by atoms with Gasteiger partial charge in [-0.25, -0.2) is 8.42 Å². The van der Waals surface area contributed by atoms with Gasteiger partial charge >= 0.3 is 0 Å². The van der Waals surface area contributed by atoms with E-state index in [1.807, 2.05) is 17.8 Å². The lowest BCUT2D eigenvalue weighted by atomic mass is 9.92. The molecule has 1 aromatic carbocycles. The van der Waals surface area contributed by atoms with Crippen molar-refractivity contribution in [3.63, 3.8) is 0 Å². The van der Waals surface area contributed by atoms with E-state index in [2.05, 4.69) is 15.2 Å². The van der Waals surface area contributed by atoms with Crippen LogP contribution in [0.25, 0.3) is 0 Å². The lowest BCUT2D eigenvalue weighted by Crippen LogP contribution is -2.32. The Morgan fingerprint density at radius 2 is 1.90 bits per heavy atom. The molecule has 2 heterocycles. The summed E-state index contributed by atoms with van der Waals surface area (Å²) in [6.45, 7) is 1.86. The van der Waals surface area contributed by atoms with Gasteiger partial charge in [0.25, 0.3) is 0 Å². The molecule has 0 atom stereocenters. The van der Waals surface area contributed by atoms with Crippen LogP contribution >= 0.6 is 11.8 Å². The van der Waals surface area contributed by atoms with Gasteiger partial charge in [-0.05, 0) is 12.1 Å². The van der Waals surface area contributed by atoms with Gasteiger partial charge in [0, 0.05) is 42.5 Å². The van der Waals surface area contributed by atoms with Crippen LogP contribution in [0, 0.1) is 0 Å². The van der Waals surface area contributed by atoms with Crippen molar-refractivity contribution >= 4 is 44.5 Å². The molecule has 2 aliphatic rings. The zero-order valence-corrected chi connectivity index (χ0v) is 17.3. The normalized spacial score (nSPS) is 17.0. The van der Waals surface area contributed by atoms with Gasteiger partial charge in [-0.1, -0.05) is 12.1 Å². The van der Waals surface area contributed by atoms with Crippen LogP contribution in [-0.4, -0.2) is 55.8 Å². The minimum atomic E-state index is -3.64. The van der Waals surface area contributed by atoms with Crippen LogP contribution in [0.1, 0.15) is 20.7 Å². The number of nitrogens with one attached hydrogen (secondary N) is 1. The predicted molar refractivity (Wildman–Crippen MR) is 114 cm³/mol. The molecule has 1 N–H and O–H groups in total. The van der Waals surface area contributed by atoms with Crippen LogP contribution in [0.5, 0.6) is 0 Å². The second kappa shape index (κ2) is 7.64. The van der Waals surface area contributed by atoms with Gasteiger partial charge in [-0.3, -0.25) is 14.6 Å². The number of nitrogens with zero attached hydrogens (tertiary/aromatic N) is 2. The first-order valence-electron chi connectivity index (χ1n) is 9.03. The molecule has 9 heteroatoms. The van der Waals surface area contributed by atoms with Crippen molar-refractivity contribution in [2.75, 3.05) is 41.1 Å². The van der Waals surface area contributed by atoms with E-state index in [1.54, 1.807) is 12.4 Å². The summed E-state index contributed by atoms with van der Waals surface area (Å²) in [5.41, 5.74) is 1.66. The maximum Gasteiger partial charge on any atom is 0.210 e. The van der Waals surface area contributed by atoms with Gasteiger partial charge in [0.1, 0.15) is 0 Å². The molecule has 0 spiro atoms. The molecule has 0 saturated carbocycles. The summed E-state index contributed by atoms with van der Waals surface area (Å²) in [6.07, 6.45) is 5.54. The molecule has 1 aliphatic carbocycles. The van der Waals surface area contributed by atoms with Crippen LogP contribution in [0.3, 0.4) is 0 Å². The van der Waals surface area contributed by atoms with E-state index in [0.717, 1.165) is 42.6 Å². The Bertz CT molecular complexity index is 1140. The number of ketones is 2. The third-order valence-corrected chi connectivity index (χ3v) is 6.90. The first-order valence-corrected chi connectivity index (χ1v) is 12.1. The van der Waals surface area contributed by atoms with Crippen molar-refractivity contribution in [2.45, 2.75) is 4.90 Å². The highest BCUT2D eigenvalue weighted by atomic mass is 32.2. The molecule has 1 saturated heterocycles. The smallest absolute Gasteiger partial charge is 0.210 e. The maximum atomic E-state index is 12.9. The number of allylic oxidation sites excluding steroid dienone is 2. The second-order valence-electron chi connectivity index (χ2n) is 6.86. The van der Waals surface area contributed by atoms with E-state index in [4.69, 9.17) is 0 Å². The zero-order chi connectivity index (χ0) is 20.6. The van der Waals surface area contributed by atoms with E-state index in [-0.39, 0.29) is 21.7 Å². The minimum Gasteiger partial charge on any atom is -0.369 e. The van der Waals surface area contributed by atoms with Crippen molar-refractivity contribution in [3.05, 3.63) is 59.6 Å². The number of aromatic nitrogens is 1. The fraction of sp³-hybridized carbons (Fsp3) is 0.250. The highest BCUT2D eigenvalue weighted by Crippen LogP contribution is 2.29. The molecule has 7 nitrogen and oxygen atoms in total. The molecule has 4 rings (SSSR count). The number of hydrogen-bond donors (Lipinski definition) is 1. The minimum absolute atomic E-state index is 0.0664. The lowest BCUT2D eigenvalue weighted by Gasteiger charge is -2.28. The summed E-state index contributed by atoms with van der Waals surface area (Å²) < 4.78 is 24.0.